The fourth-order valence-corrected chi connectivity index (χ4v) is 5.07. The number of aliphatic hydroxyl groups excluding tert-OH is 1. The van der Waals surface area contributed by atoms with Crippen molar-refractivity contribution in [2.24, 2.45) is 0 Å². The Morgan fingerprint density at radius 1 is 1.12 bits per heavy atom. The second-order valence-electron chi connectivity index (χ2n) is 7.79. The second-order valence-corrected chi connectivity index (χ2v) is 7.79. The zero-order valence-corrected chi connectivity index (χ0v) is 14.7. The maximum absolute atomic E-state index is 10.5. The van der Waals surface area contributed by atoms with Gasteiger partial charge in [0.05, 0.1) is 26.3 Å². The molecular formula is C20H27N2O3+. The average Bonchev–Trinajstić information content (AvgIpc) is 2.64. The lowest BCUT2D eigenvalue weighted by molar-refractivity contribution is -0.922. The molecular weight excluding hydrogens is 316 g/mol. The first-order valence-electron chi connectivity index (χ1n) is 9.70. The summed E-state index contributed by atoms with van der Waals surface area (Å²) in [5.41, 5.74) is 5.06. The van der Waals surface area contributed by atoms with E-state index in [2.05, 4.69) is 17.1 Å². The molecule has 134 valence electrons. The van der Waals surface area contributed by atoms with Gasteiger partial charge in [-0.3, -0.25) is 4.90 Å². The van der Waals surface area contributed by atoms with E-state index in [-0.39, 0.29) is 5.95 Å². The molecule has 3 fully saturated rings. The van der Waals surface area contributed by atoms with Crippen LogP contribution < -0.4 is 4.90 Å². The van der Waals surface area contributed by atoms with Crippen LogP contribution in [-0.2, 0) is 9.47 Å². The van der Waals surface area contributed by atoms with E-state index in [0.29, 0.717) is 6.04 Å². The highest BCUT2D eigenvalue weighted by Gasteiger charge is 2.42. The van der Waals surface area contributed by atoms with Crippen molar-refractivity contribution in [2.75, 3.05) is 45.9 Å². The van der Waals surface area contributed by atoms with Crippen molar-refractivity contribution in [3.8, 4) is 0 Å². The summed E-state index contributed by atoms with van der Waals surface area (Å²) in [7, 11) is 0. The zero-order chi connectivity index (χ0) is 16.8. The van der Waals surface area contributed by atoms with Gasteiger partial charge >= 0.3 is 0 Å². The molecule has 1 aliphatic carbocycles. The Labute approximate surface area is 148 Å². The predicted octanol–water partition coefficient (Wildman–Crippen LogP) is 1.08. The van der Waals surface area contributed by atoms with Crippen LogP contribution in [0.1, 0.15) is 25.7 Å². The van der Waals surface area contributed by atoms with E-state index in [4.69, 9.17) is 9.47 Å². The monoisotopic (exact) mass is 343 g/mol. The van der Waals surface area contributed by atoms with Crippen LogP contribution in [0.2, 0.25) is 0 Å². The number of nitrogens with one attached hydrogen (secondary N) is 1. The summed E-state index contributed by atoms with van der Waals surface area (Å²) in [6.07, 6.45) is 9.32. The van der Waals surface area contributed by atoms with Gasteiger partial charge in [0, 0.05) is 49.2 Å². The van der Waals surface area contributed by atoms with Gasteiger partial charge in [-0.15, -0.1) is 0 Å². The normalized spacial score (nSPS) is 32.5. The quantitative estimate of drug-likeness (QED) is 0.788. The number of hydrogen-bond acceptors (Lipinski definition) is 4. The van der Waals surface area contributed by atoms with Gasteiger partial charge in [-0.25, -0.2) is 0 Å². The van der Waals surface area contributed by atoms with Crippen molar-refractivity contribution >= 4 is 0 Å². The van der Waals surface area contributed by atoms with Crippen LogP contribution in [0.5, 0.6) is 0 Å². The van der Waals surface area contributed by atoms with Crippen molar-refractivity contribution in [3.63, 3.8) is 0 Å². The van der Waals surface area contributed by atoms with Crippen molar-refractivity contribution in [2.45, 2.75) is 31.7 Å². The lowest BCUT2D eigenvalue weighted by atomic mass is 9.78. The van der Waals surface area contributed by atoms with E-state index in [1.165, 1.54) is 43.5 Å². The fraction of sp³-hybridized carbons (Fsp3) is 0.600. The molecule has 0 bridgehead atoms. The molecule has 4 heterocycles. The molecule has 2 N–H and O–H groups in total. The van der Waals surface area contributed by atoms with Crippen LogP contribution in [0.25, 0.3) is 0 Å². The summed E-state index contributed by atoms with van der Waals surface area (Å²) in [6.45, 7) is 6.62. The molecule has 5 nitrogen and oxygen atoms in total. The number of ether oxygens (including phenoxy) is 2. The minimum absolute atomic E-state index is 0.0949. The van der Waals surface area contributed by atoms with Gasteiger partial charge in [0.1, 0.15) is 11.8 Å². The lowest BCUT2D eigenvalue weighted by Gasteiger charge is -2.42. The molecule has 5 aliphatic rings. The Morgan fingerprint density at radius 2 is 1.92 bits per heavy atom. The standard InChI is InChI=1S/C20H26N2O3/c23-20-16(13-21-7-9-24-10-8-21)12-15-11-14-3-1-5-22-6-2-4-17(18(14)22)19(15)25-20/h11-12,18,23H,1-10,13H2/p+1. The molecule has 0 radical (unpaired) electrons. The number of morpholine rings is 1. The lowest BCUT2D eigenvalue weighted by Crippen LogP contribution is -3.17. The number of piperidine rings is 2. The Kier molecular flexibility index (Phi) is 3.95. The SMILES string of the molecule is OC1=C(CN2CCOCC2)C=C2C=C3CCC[NH+]4CCCC(=C2O1)C34. The molecule has 2 unspecified atom stereocenters. The highest BCUT2D eigenvalue weighted by atomic mass is 16.6. The minimum Gasteiger partial charge on any atom is -0.480 e. The Bertz CT molecular complexity index is 696. The van der Waals surface area contributed by atoms with E-state index in [1.54, 1.807) is 10.5 Å². The van der Waals surface area contributed by atoms with Gasteiger partial charge in [0.25, 0.3) is 5.95 Å². The summed E-state index contributed by atoms with van der Waals surface area (Å²) < 4.78 is 11.4. The van der Waals surface area contributed by atoms with Crippen LogP contribution in [0, 0.1) is 0 Å². The van der Waals surface area contributed by atoms with Crippen molar-refractivity contribution in [3.05, 3.63) is 46.1 Å². The molecule has 5 heteroatoms. The van der Waals surface area contributed by atoms with Gasteiger partial charge in [-0.1, -0.05) is 0 Å². The number of fused-ring (bicyclic) bond motifs is 1. The average molecular weight is 343 g/mol. The van der Waals surface area contributed by atoms with Crippen LogP contribution in [0.3, 0.4) is 0 Å². The van der Waals surface area contributed by atoms with Crippen molar-refractivity contribution in [1.82, 2.24) is 4.90 Å². The number of quaternary nitrogens is 1. The predicted molar refractivity (Wildman–Crippen MR) is 94.1 cm³/mol. The summed E-state index contributed by atoms with van der Waals surface area (Å²) in [4.78, 5) is 4.01. The first-order valence-corrected chi connectivity index (χ1v) is 9.70. The maximum Gasteiger partial charge on any atom is 0.286 e. The Hall–Kier alpha value is -1.56. The van der Waals surface area contributed by atoms with Gasteiger partial charge < -0.3 is 19.5 Å². The van der Waals surface area contributed by atoms with Crippen LogP contribution >= 0.6 is 0 Å². The fourth-order valence-electron chi connectivity index (χ4n) is 5.07. The number of hydrogen-bond donors (Lipinski definition) is 2. The molecule has 0 aromatic heterocycles. The third kappa shape index (κ3) is 2.75. The van der Waals surface area contributed by atoms with Crippen LogP contribution in [0.4, 0.5) is 0 Å². The molecule has 3 saturated heterocycles. The van der Waals surface area contributed by atoms with Crippen LogP contribution in [-0.4, -0.2) is 62.0 Å². The van der Waals surface area contributed by atoms with E-state index in [1.807, 2.05) is 0 Å². The number of aliphatic hydroxyl groups is 1. The molecule has 25 heavy (non-hydrogen) atoms. The van der Waals surface area contributed by atoms with Crippen molar-refractivity contribution < 1.29 is 19.5 Å². The minimum atomic E-state index is 0.0949. The molecule has 0 aromatic rings. The van der Waals surface area contributed by atoms with Gasteiger partial charge in [-0.05, 0) is 30.6 Å². The smallest absolute Gasteiger partial charge is 0.286 e. The first-order chi connectivity index (χ1) is 12.3. The van der Waals surface area contributed by atoms with Gasteiger partial charge in [-0.2, -0.15) is 0 Å². The van der Waals surface area contributed by atoms with Gasteiger partial charge in [0.15, 0.2) is 0 Å². The Morgan fingerprint density at radius 3 is 2.76 bits per heavy atom. The molecule has 0 saturated carbocycles. The molecule has 2 atom stereocenters. The number of allylic oxidation sites excluding steroid dienone is 1. The molecule has 5 rings (SSSR count). The summed E-state index contributed by atoms with van der Waals surface area (Å²) in [5.74, 6) is 1.04. The van der Waals surface area contributed by atoms with Gasteiger partial charge in [0.2, 0.25) is 0 Å². The Balaban J connectivity index is 1.46. The van der Waals surface area contributed by atoms with Crippen LogP contribution in [0.15, 0.2) is 46.1 Å². The summed E-state index contributed by atoms with van der Waals surface area (Å²) >= 11 is 0. The molecule has 4 aliphatic heterocycles. The summed E-state index contributed by atoms with van der Waals surface area (Å²) in [5, 5.41) is 10.5. The molecule has 0 aromatic carbocycles. The van der Waals surface area contributed by atoms with E-state index < -0.39 is 0 Å². The third-order valence-electron chi connectivity index (χ3n) is 6.23. The second kappa shape index (κ2) is 6.31. The summed E-state index contributed by atoms with van der Waals surface area (Å²) in [6, 6.07) is 0.503. The van der Waals surface area contributed by atoms with E-state index >= 15 is 0 Å². The topological polar surface area (TPSA) is 46.4 Å². The molecule has 0 amide bonds. The van der Waals surface area contributed by atoms with E-state index in [0.717, 1.165) is 50.6 Å². The maximum atomic E-state index is 10.5. The number of rotatable bonds is 2. The van der Waals surface area contributed by atoms with Crippen molar-refractivity contribution in [1.29, 1.82) is 0 Å². The zero-order valence-electron chi connectivity index (χ0n) is 14.7. The number of nitrogens with zero attached hydrogens (tertiary/aromatic N) is 1. The third-order valence-corrected chi connectivity index (χ3v) is 6.23. The highest BCUT2D eigenvalue weighted by molar-refractivity contribution is 5.55. The highest BCUT2D eigenvalue weighted by Crippen LogP contribution is 2.39. The molecule has 0 spiro atoms. The van der Waals surface area contributed by atoms with E-state index in [9.17, 15) is 5.11 Å². The first kappa shape index (κ1) is 15.7. The largest absolute Gasteiger partial charge is 0.480 e.